The number of carbonyl (C=O) groups is 1. The topological polar surface area (TPSA) is 104 Å². The molecule has 0 aliphatic carbocycles. The van der Waals surface area contributed by atoms with Crippen LogP contribution in [0.1, 0.15) is 41.6 Å². The number of H-pyrrole nitrogens is 2. The van der Waals surface area contributed by atoms with Crippen LogP contribution in [0, 0.1) is 26.7 Å². The maximum Gasteiger partial charge on any atom is 0.325 e. The van der Waals surface area contributed by atoms with Gasteiger partial charge in [0.25, 0.3) is 5.56 Å². The van der Waals surface area contributed by atoms with Crippen molar-refractivity contribution in [3.63, 3.8) is 0 Å². The zero-order chi connectivity index (χ0) is 22.1. The summed E-state index contributed by atoms with van der Waals surface area (Å²) in [5.41, 5.74) is 4.79. The molecule has 3 aromatic rings. The van der Waals surface area contributed by atoms with Gasteiger partial charge < -0.3 is 14.5 Å². The number of hydrogen-bond acceptors (Lipinski definition) is 4. The Morgan fingerprint density at radius 1 is 1.10 bits per heavy atom. The fourth-order valence-corrected chi connectivity index (χ4v) is 4.42. The lowest BCUT2D eigenvalue weighted by Crippen LogP contribution is -2.39. The van der Waals surface area contributed by atoms with E-state index >= 15 is 0 Å². The smallest absolute Gasteiger partial charge is 0.325 e. The predicted octanol–water partition coefficient (Wildman–Crippen LogP) is 2.21. The third-order valence-electron chi connectivity index (χ3n) is 6.50. The van der Waals surface area contributed by atoms with E-state index in [0.717, 1.165) is 38.0 Å². The number of hydrogen-bond donors (Lipinski definition) is 2. The maximum atomic E-state index is 12.7. The first-order valence-electron chi connectivity index (χ1n) is 10.8. The summed E-state index contributed by atoms with van der Waals surface area (Å²) in [4.78, 5) is 47.2. The number of rotatable bonds is 5. The van der Waals surface area contributed by atoms with Crippen LogP contribution >= 0.6 is 0 Å². The summed E-state index contributed by atoms with van der Waals surface area (Å²) in [6.45, 7) is 8.29. The largest absolute Gasteiger partial charge is 0.343 e. The number of fused-ring (bicyclic) bond motifs is 1. The first kappa shape index (κ1) is 21.1. The van der Waals surface area contributed by atoms with Gasteiger partial charge in [-0.2, -0.15) is 0 Å². The van der Waals surface area contributed by atoms with Crippen LogP contribution in [0.5, 0.6) is 0 Å². The number of imidazole rings is 1. The monoisotopic (exact) mass is 423 g/mol. The number of nitrogens with one attached hydrogen (secondary N) is 2. The highest BCUT2D eigenvalue weighted by molar-refractivity contribution is 5.77. The molecule has 164 valence electrons. The van der Waals surface area contributed by atoms with Crippen LogP contribution in [0.2, 0.25) is 0 Å². The lowest BCUT2D eigenvalue weighted by Gasteiger charge is -2.32. The van der Waals surface area contributed by atoms with Crippen LogP contribution in [0.25, 0.3) is 11.0 Å². The Kier molecular flexibility index (Phi) is 5.80. The molecule has 31 heavy (non-hydrogen) atoms. The minimum absolute atomic E-state index is 0.0580. The fraction of sp³-hybridized carbons (Fsp3) is 0.478. The molecule has 0 unspecified atom stereocenters. The summed E-state index contributed by atoms with van der Waals surface area (Å²) < 4.78 is 2.23. The summed E-state index contributed by atoms with van der Waals surface area (Å²) in [5, 5.41) is 0. The van der Waals surface area contributed by atoms with E-state index in [2.05, 4.69) is 45.5 Å². The number of nitrogens with zero attached hydrogens (tertiary/aromatic N) is 3. The van der Waals surface area contributed by atoms with Crippen molar-refractivity contribution in [1.29, 1.82) is 0 Å². The second kappa shape index (κ2) is 8.53. The molecule has 2 aromatic heterocycles. The molecule has 0 atom stereocenters. The fourth-order valence-electron chi connectivity index (χ4n) is 4.42. The van der Waals surface area contributed by atoms with Crippen LogP contribution in [0.4, 0.5) is 0 Å². The summed E-state index contributed by atoms with van der Waals surface area (Å²) >= 11 is 0. The highest BCUT2D eigenvalue weighted by Crippen LogP contribution is 2.24. The third-order valence-corrected chi connectivity index (χ3v) is 6.50. The first-order valence-corrected chi connectivity index (χ1v) is 10.8. The van der Waals surface area contributed by atoms with Crippen molar-refractivity contribution in [2.24, 2.45) is 5.92 Å². The molecular weight excluding hydrogens is 394 g/mol. The van der Waals surface area contributed by atoms with Crippen molar-refractivity contribution in [3.05, 3.63) is 61.7 Å². The third kappa shape index (κ3) is 4.47. The normalized spacial score (nSPS) is 15.0. The second-order valence-corrected chi connectivity index (χ2v) is 8.66. The van der Waals surface area contributed by atoms with Crippen molar-refractivity contribution < 1.29 is 4.79 Å². The zero-order valence-corrected chi connectivity index (χ0v) is 18.3. The van der Waals surface area contributed by atoms with Crippen LogP contribution in [-0.4, -0.2) is 43.4 Å². The van der Waals surface area contributed by atoms with Crippen molar-refractivity contribution in [2.45, 2.75) is 53.0 Å². The lowest BCUT2D eigenvalue weighted by molar-refractivity contribution is -0.132. The number of amides is 1. The van der Waals surface area contributed by atoms with Gasteiger partial charge in [-0.25, -0.2) is 9.78 Å². The van der Waals surface area contributed by atoms with E-state index in [9.17, 15) is 14.4 Å². The number of aryl methyl sites for hydroxylation is 3. The Balaban J connectivity index is 1.33. The van der Waals surface area contributed by atoms with Gasteiger partial charge in [0, 0.05) is 37.3 Å². The average molecular weight is 424 g/mol. The first-order chi connectivity index (χ1) is 14.8. The van der Waals surface area contributed by atoms with Gasteiger partial charge in [-0.15, -0.1) is 0 Å². The number of aromatic amines is 2. The summed E-state index contributed by atoms with van der Waals surface area (Å²) in [7, 11) is 0. The quantitative estimate of drug-likeness (QED) is 0.657. The Morgan fingerprint density at radius 2 is 1.81 bits per heavy atom. The Bertz CT molecular complexity index is 1230. The molecule has 0 radical (unpaired) electrons. The average Bonchev–Trinajstić information content (AvgIpc) is 3.09. The SMILES string of the molecule is Cc1cc2ncn(CC3CCN(C(=O)CCc4c(C)[nH]c(=O)[nH]c4=O)CC3)c2cc1C. The van der Waals surface area contributed by atoms with Gasteiger partial charge in [-0.1, -0.05) is 0 Å². The molecule has 1 aliphatic heterocycles. The molecule has 0 bridgehead atoms. The molecule has 2 N–H and O–H groups in total. The number of aromatic nitrogens is 4. The summed E-state index contributed by atoms with van der Waals surface area (Å²) in [5.74, 6) is 0.565. The van der Waals surface area contributed by atoms with E-state index in [0.29, 0.717) is 23.6 Å². The van der Waals surface area contributed by atoms with Crippen molar-refractivity contribution in [3.8, 4) is 0 Å². The molecule has 1 amide bonds. The highest BCUT2D eigenvalue weighted by atomic mass is 16.2. The number of likely N-dealkylation sites (tertiary alicyclic amines) is 1. The Hall–Kier alpha value is -3.16. The predicted molar refractivity (Wildman–Crippen MR) is 119 cm³/mol. The van der Waals surface area contributed by atoms with E-state index in [-0.39, 0.29) is 12.3 Å². The van der Waals surface area contributed by atoms with Crippen LogP contribution in [-0.2, 0) is 17.8 Å². The van der Waals surface area contributed by atoms with Crippen LogP contribution in [0.15, 0.2) is 28.0 Å². The van der Waals surface area contributed by atoms with Gasteiger partial charge in [0.05, 0.1) is 17.4 Å². The maximum absolute atomic E-state index is 12.7. The Labute approximate surface area is 180 Å². The van der Waals surface area contributed by atoms with Gasteiger partial charge >= 0.3 is 5.69 Å². The van der Waals surface area contributed by atoms with E-state index in [4.69, 9.17) is 0 Å². The molecule has 1 aromatic carbocycles. The van der Waals surface area contributed by atoms with Crippen molar-refractivity contribution >= 4 is 16.9 Å². The Morgan fingerprint density at radius 3 is 2.52 bits per heavy atom. The van der Waals surface area contributed by atoms with E-state index in [1.165, 1.54) is 16.6 Å². The van der Waals surface area contributed by atoms with Crippen molar-refractivity contribution in [2.75, 3.05) is 13.1 Å². The van der Waals surface area contributed by atoms with Gasteiger partial charge in [-0.3, -0.25) is 14.6 Å². The molecule has 3 heterocycles. The molecule has 8 nitrogen and oxygen atoms in total. The van der Waals surface area contributed by atoms with Gasteiger partial charge in [-0.05, 0) is 69.2 Å². The van der Waals surface area contributed by atoms with E-state index < -0.39 is 11.2 Å². The van der Waals surface area contributed by atoms with Crippen LogP contribution in [0.3, 0.4) is 0 Å². The molecule has 0 saturated carbocycles. The van der Waals surface area contributed by atoms with Crippen molar-refractivity contribution in [1.82, 2.24) is 24.4 Å². The second-order valence-electron chi connectivity index (χ2n) is 8.66. The molecule has 1 aliphatic rings. The molecule has 8 heteroatoms. The van der Waals surface area contributed by atoms with Gasteiger partial charge in [0.15, 0.2) is 0 Å². The standard InChI is InChI=1S/C23H29N5O3/c1-14-10-19-20(11-15(14)2)28(13-24-19)12-17-6-8-27(9-7-17)21(29)5-4-18-16(3)25-23(31)26-22(18)30/h10-11,13,17H,4-9,12H2,1-3H3,(H2,25,26,30,31). The van der Waals surface area contributed by atoms with Gasteiger partial charge in [0.2, 0.25) is 5.91 Å². The number of carbonyl (C=O) groups excluding carboxylic acids is 1. The minimum Gasteiger partial charge on any atom is -0.343 e. The summed E-state index contributed by atoms with van der Waals surface area (Å²) in [6, 6.07) is 4.34. The molecule has 1 fully saturated rings. The number of piperidine rings is 1. The zero-order valence-electron chi connectivity index (χ0n) is 18.3. The van der Waals surface area contributed by atoms with E-state index in [1.54, 1.807) is 6.92 Å². The van der Waals surface area contributed by atoms with Gasteiger partial charge in [0.1, 0.15) is 0 Å². The highest BCUT2D eigenvalue weighted by Gasteiger charge is 2.24. The van der Waals surface area contributed by atoms with Crippen LogP contribution < -0.4 is 11.2 Å². The lowest BCUT2D eigenvalue weighted by atomic mass is 9.96. The minimum atomic E-state index is -0.518. The molecule has 1 saturated heterocycles. The molecular formula is C23H29N5O3. The molecule has 0 spiro atoms. The number of benzene rings is 1. The van der Waals surface area contributed by atoms with E-state index in [1.807, 2.05) is 11.2 Å². The summed E-state index contributed by atoms with van der Waals surface area (Å²) in [6.07, 6.45) is 4.43. The molecule has 4 rings (SSSR count).